The number of hydrogen-bond donors (Lipinski definition) is 1. The van der Waals surface area contributed by atoms with Crippen LogP contribution in [0.25, 0.3) is 0 Å². The third kappa shape index (κ3) is 2.21. The summed E-state index contributed by atoms with van der Waals surface area (Å²) in [6.07, 6.45) is 1.89. The molecule has 0 heterocycles. The molecule has 1 aliphatic carbocycles. The molecule has 0 spiro atoms. The molecular weight excluding hydrogens is 249 g/mol. The number of anilines is 1. The predicted octanol–water partition coefficient (Wildman–Crippen LogP) is 4.06. The van der Waals surface area contributed by atoms with Gasteiger partial charge in [-0.15, -0.1) is 0 Å². The number of nitrogens with one attached hydrogen (secondary N) is 1. The van der Waals surface area contributed by atoms with Crippen LogP contribution in [0, 0.1) is 5.82 Å². The molecule has 1 aliphatic rings. The summed E-state index contributed by atoms with van der Waals surface area (Å²) in [5.74, 6) is -0.293. The first-order chi connectivity index (χ1) is 8.72. The topological polar surface area (TPSA) is 12.0 Å². The Morgan fingerprint density at radius 1 is 1.06 bits per heavy atom. The Morgan fingerprint density at radius 3 is 2.33 bits per heavy atom. The van der Waals surface area contributed by atoms with Crippen LogP contribution in [0.4, 0.5) is 10.1 Å². The summed E-state index contributed by atoms with van der Waals surface area (Å²) in [6, 6.07) is 13.4. The smallest absolute Gasteiger partial charge is 0.147 e. The standard InChI is InChI=1S/C15H13ClFN/c16-12-5-6-15(14(17)9-12)18-13-7-10-3-1-2-4-11(10)8-13/h1-6,9,13,18H,7-8H2. The quantitative estimate of drug-likeness (QED) is 0.860. The van der Waals surface area contributed by atoms with Crippen LogP contribution in [-0.2, 0) is 12.8 Å². The van der Waals surface area contributed by atoms with Gasteiger partial charge in [0.15, 0.2) is 0 Å². The molecule has 0 radical (unpaired) electrons. The molecule has 0 atom stereocenters. The molecule has 0 fully saturated rings. The summed E-state index contributed by atoms with van der Waals surface area (Å²) in [5, 5.41) is 3.67. The Morgan fingerprint density at radius 2 is 1.72 bits per heavy atom. The second kappa shape index (κ2) is 4.62. The van der Waals surface area contributed by atoms with Gasteiger partial charge in [-0.1, -0.05) is 35.9 Å². The maximum atomic E-state index is 13.7. The lowest BCUT2D eigenvalue weighted by Crippen LogP contribution is -2.20. The molecule has 2 aromatic carbocycles. The SMILES string of the molecule is Fc1cc(Cl)ccc1NC1Cc2ccccc2C1. The van der Waals surface area contributed by atoms with Gasteiger partial charge in [-0.2, -0.15) is 0 Å². The van der Waals surface area contributed by atoms with E-state index in [1.807, 2.05) is 12.1 Å². The molecule has 0 amide bonds. The molecule has 0 saturated carbocycles. The van der Waals surface area contributed by atoms with Crippen molar-refractivity contribution in [1.29, 1.82) is 0 Å². The summed E-state index contributed by atoms with van der Waals surface area (Å²) < 4.78 is 13.7. The summed E-state index contributed by atoms with van der Waals surface area (Å²) >= 11 is 5.74. The minimum absolute atomic E-state index is 0.262. The maximum Gasteiger partial charge on any atom is 0.147 e. The van der Waals surface area contributed by atoms with Gasteiger partial charge in [0.2, 0.25) is 0 Å². The van der Waals surface area contributed by atoms with Crippen LogP contribution in [0.2, 0.25) is 5.02 Å². The number of benzene rings is 2. The van der Waals surface area contributed by atoms with Gasteiger partial charge in [-0.25, -0.2) is 4.39 Å². The predicted molar refractivity (Wildman–Crippen MR) is 72.7 cm³/mol. The van der Waals surface area contributed by atoms with Crippen molar-refractivity contribution in [2.45, 2.75) is 18.9 Å². The van der Waals surface area contributed by atoms with E-state index in [2.05, 4.69) is 17.4 Å². The van der Waals surface area contributed by atoms with Crippen LogP contribution in [-0.4, -0.2) is 6.04 Å². The lowest BCUT2D eigenvalue weighted by molar-refractivity contribution is 0.625. The van der Waals surface area contributed by atoms with Gasteiger partial charge in [-0.3, -0.25) is 0 Å². The zero-order chi connectivity index (χ0) is 12.5. The highest BCUT2D eigenvalue weighted by Gasteiger charge is 2.21. The normalized spacial score (nSPS) is 14.6. The molecule has 92 valence electrons. The lowest BCUT2D eigenvalue weighted by Gasteiger charge is -2.14. The van der Waals surface area contributed by atoms with Gasteiger partial charge in [0.25, 0.3) is 0 Å². The van der Waals surface area contributed by atoms with E-state index in [0.717, 1.165) is 12.8 Å². The summed E-state index contributed by atoms with van der Waals surface area (Å²) in [4.78, 5) is 0. The first-order valence-corrected chi connectivity index (χ1v) is 6.38. The fraction of sp³-hybridized carbons (Fsp3) is 0.200. The maximum absolute atomic E-state index is 13.7. The third-order valence-electron chi connectivity index (χ3n) is 3.34. The van der Waals surface area contributed by atoms with E-state index in [1.165, 1.54) is 17.2 Å². The Hall–Kier alpha value is -1.54. The van der Waals surface area contributed by atoms with E-state index in [0.29, 0.717) is 10.7 Å². The van der Waals surface area contributed by atoms with E-state index in [-0.39, 0.29) is 11.9 Å². The zero-order valence-electron chi connectivity index (χ0n) is 9.79. The van der Waals surface area contributed by atoms with E-state index in [1.54, 1.807) is 12.1 Å². The molecule has 1 nitrogen and oxygen atoms in total. The third-order valence-corrected chi connectivity index (χ3v) is 3.58. The van der Waals surface area contributed by atoms with Crippen LogP contribution in [0.3, 0.4) is 0 Å². The molecule has 0 aliphatic heterocycles. The highest BCUT2D eigenvalue weighted by atomic mass is 35.5. The van der Waals surface area contributed by atoms with E-state index >= 15 is 0 Å². The summed E-state index contributed by atoms with van der Waals surface area (Å²) in [6.45, 7) is 0. The fourth-order valence-electron chi connectivity index (χ4n) is 2.49. The lowest BCUT2D eigenvalue weighted by atomic mass is 10.1. The minimum atomic E-state index is -0.293. The monoisotopic (exact) mass is 261 g/mol. The van der Waals surface area contributed by atoms with Crippen LogP contribution >= 0.6 is 11.6 Å². The first kappa shape index (κ1) is 11.5. The highest BCUT2D eigenvalue weighted by Crippen LogP contribution is 2.26. The molecule has 0 bridgehead atoms. The molecule has 1 N–H and O–H groups in total. The van der Waals surface area contributed by atoms with Gasteiger partial charge >= 0.3 is 0 Å². The van der Waals surface area contributed by atoms with Crippen molar-refractivity contribution in [3.05, 3.63) is 64.4 Å². The highest BCUT2D eigenvalue weighted by molar-refractivity contribution is 6.30. The second-order valence-corrected chi connectivity index (χ2v) is 5.08. The van der Waals surface area contributed by atoms with E-state index in [4.69, 9.17) is 11.6 Å². The van der Waals surface area contributed by atoms with Crippen molar-refractivity contribution in [3.63, 3.8) is 0 Å². The Bertz CT molecular complexity index is 557. The number of hydrogen-bond acceptors (Lipinski definition) is 1. The molecule has 0 saturated heterocycles. The van der Waals surface area contributed by atoms with E-state index in [9.17, 15) is 4.39 Å². The van der Waals surface area contributed by atoms with Crippen LogP contribution in [0.1, 0.15) is 11.1 Å². The molecule has 18 heavy (non-hydrogen) atoms. The number of fused-ring (bicyclic) bond motifs is 1. The molecule has 3 rings (SSSR count). The summed E-state index contributed by atoms with van der Waals surface area (Å²) in [7, 11) is 0. The van der Waals surface area contributed by atoms with Gasteiger partial charge in [-0.05, 0) is 42.2 Å². The number of halogens is 2. The zero-order valence-corrected chi connectivity index (χ0v) is 10.5. The number of rotatable bonds is 2. The van der Waals surface area contributed by atoms with Crippen LogP contribution in [0.5, 0.6) is 0 Å². The van der Waals surface area contributed by atoms with Crippen molar-refractivity contribution < 1.29 is 4.39 Å². The fourth-order valence-corrected chi connectivity index (χ4v) is 2.65. The largest absolute Gasteiger partial charge is 0.379 e. The molecule has 0 unspecified atom stereocenters. The van der Waals surface area contributed by atoms with Crippen molar-refractivity contribution in [2.24, 2.45) is 0 Å². The second-order valence-electron chi connectivity index (χ2n) is 4.64. The molecule has 0 aromatic heterocycles. The Kier molecular flexibility index (Phi) is 2.96. The minimum Gasteiger partial charge on any atom is -0.379 e. The van der Waals surface area contributed by atoms with E-state index < -0.39 is 0 Å². The summed E-state index contributed by atoms with van der Waals surface area (Å²) in [5.41, 5.74) is 3.23. The Balaban J connectivity index is 1.76. The van der Waals surface area contributed by atoms with Gasteiger partial charge in [0, 0.05) is 11.1 Å². The van der Waals surface area contributed by atoms with Crippen molar-refractivity contribution in [1.82, 2.24) is 0 Å². The average Bonchev–Trinajstić information content (AvgIpc) is 2.75. The molecule has 2 aromatic rings. The first-order valence-electron chi connectivity index (χ1n) is 6.01. The van der Waals surface area contributed by atoms with Gasteiger partial charge < -0.3 is 5.32 Å². The Labute approximate surface area is 111 Å². The molecule has 3 heteroatoms. The average molecular weight is 262 g/mol. The van der Waals surface area contributed by atoms with Crippen molar-refractivity contribution in [3.8, 4) is 0 Å². The van der Waals surface area contributed by atoms with Gasteiger partial charge in [0.05, 0.1) is 5.69 Å². The molecular formula is C15H13ClFN. The van der Waals surface area contributed by atoms with Crippen LogP contribution in [0.15, 0.2) is 42.5 Å². The van der Waals surface area contributed by atoms with Gasteiger partial charge in [0.1, 0.15) is 5.82 Å². The van der Waals surface area contributed by atoms with Crippen LogP contribution < -0.4 is 5.32 Å². The van der Waals surface area contributed by atoms with Crippen molar-refractivity contribution in [2.75, 3.05) is 5.32 Å². The van der Waals surface area contributed by atoms with Crippen molar-refractivity contribution >= 4 is 17.3 Å².